The van der Waals surface area contributed by atoms with Crippen LogP contribution in [0, 0.1) is 0 Å². The van der Waals surface area contributed by atoms with E-state index in [2.05, 4.69) is 36.7 Å². The SMILES string of the molecule is CCc1ccc(CNOCc2ccccc2)s1. The second-order valence-electron chi connectivity index (χ2n) is 3.82. The van der Waals surface area contributed by atoms with Crippen LogP contribution in [0.15, 0.2) is 42.5 Å². The lowest BCUT2D eigenvalue weighted by Gasteiger charge is -2.04. The number of benzene rings is 1. The monoisotopic (exact) mass is 247 g/mol. The first kappa shape index (κ1) is 12.3. The van der Waals surface area contributed by atoms with E-state index in [-0.39, 0.29) is 0 Å². The van der Waals surface area contributed by atoms with Gasteiger partial charge in [-0.25, -0.2) is 0 Å². The number of rotatable bonds is 6. The molecule has 0 aliphatic rings. The minimum Gasteiger partial charge on any atom is -0.297 e. The molecule has 0 aliphatic heterocycles. The van der Waals surface area contributed by atoms with Crippen molar-refractivity contribution in [3.8, 4) is 0 Å². The van der Waals surface area contributed by atoms with Gasteiger partial charge in [0.1, 0.15) is 0 Å². The van der Waals surface area contributed by atoms with Crippen LogP contribution in [0.2, 0.25) is 0 Å². The van der Waals surface area contributed by atoms with Crippen LogP contribution in [0.3, 0.4) is 0 Å². The lowest BCUT2D eigenvalue weighted by molar-refractivity contribution is 0.0240. The van der Waals surface area contributed by atoms with E-state index in [0.29, 0.717) is 6.61 Å². The first-order valence-corrected chi connectivity index (χ1v) is 6.66. The fourth-order valence-electron chi connectivity index (χ4n) is 1.54. The summed E-state index contributed by atoms with van der Waals surface area (Å²) in [6.07, 6.45) is 1.11. The van der Waals surface area contributed by atoms with Gasteiger partial charge in [-0.3, -0.25) is 4.84 Å². The summed E-state index contributed by atoms with van der Waals surface area (Å²) < 4.78 is 0. The Bertz CT molecular complexity index is 438. The van der Waals surface area contributed by atoms with Crippen LogP contribution in [0.25, 0.3) is 0 Å². The minimum atomic E-state index is 0.604. The maximum atomic E-state index is 5.42. The molecule has 0 spiro atoms. The first-order chi connectivity index (χ1) is 8.38. The van der Waals surface area contributed by atoms with Crippen molar-refractivity contribution in [2.45, 2.75) is 26.5 Å². The van der Waals surface area contributed by atoms with E-state index < -0.39 is 0 Å². The molecule has 0 saturated carbocycles. The Morgan fingerprint density at radius 1 is 1.06 bits per heavy atom. The van der Waals surface area contributed by atoms with Gasteiger partial charge in [0, 0.05) is 9.75 Å². The average Bonchev–Trinajstić information content (AvgIpc) is 2.84. The van der Waals surface area contributed by atoms with Gasteiger partial charge in [0.25, 0.3) is 0 Å². The molecule has 0 fully saturated rings. The van der Waals surface area contributed by atoms with Crippen LogP contribution in [-0.4, -0.2) is 0 Å². The van der Waals surface area contributed by atoms with Crippen LogP contribution in [-0.2, 0) is 24.4 Å². The molecule has 1 aromatic heterocycles. The molecule has 0 unspecified atom stereocenters. The minimum absolute atomic E-state index is 0.604. The van der Waals surface area contributed by atoms with Crippen LogP contribution in [0.1, 0.15) is 22.2 Å². The zero-order valence-corrected chi connectivity index (χ0v) is 10.8. The fraction of sp³-hybridized carbons (Fsp3) is 0.286. The number of nitrogens with one attached hydrogen (secondary N) is 1. The Morgan fingerprint density at radius 3 is 2.53 bits per heavy atom. The predicted molar refractivity (Wildman–Crippen MR) is 71.8 cm³/mol. The van der Waals surface area contributed by atoms with Gasteiger partial charge < -0.3 is 0 Å². The van der Waals surface area contributed by atoms with Crippen molar-refractivity contribution >= 4 is 11.3 Å². The second kappa shape index (κ2) is 6.55. The Hall–Kier alpha value is -1.16. The molecule has 17 heavy (non-hydrogen) atoms. The first-order valence-electron chi connectivity index (χ1n) is 5.84. The van der Waals surface area contributed by atoms with Crippen LogP contribution >= 0.6 is 11.3 Å². The van der Waals surface area contributed by atoms with E-state index in [1.165, 1.54) is 15.3 Å². The Kier molecular flexibility index (Phi) is 4.74. The van der Waals surface area contributed by atoms with E-state index in [4.69, 9.17) is 4.84 Å². The van der Waals surface area contributed by atoms with E-state index in [9.17, 15) is 0 Å². The second-order valence-corrected chi connectivity index (χ2v) is 5.07. The van der Waals surface area contributed by atoms with Crippen molar-refractivity contribution in [2.24, 2.45) is 0 Å². The molecule has 3 heteroatoms. The smallest absolute Gasteiger partial charge is 0.0933 e. The number of hydrogen-bond donors (Lipinski definition) is 1. The maximum absolute atomic E-state index is 5.42. The van der Waals surface area contributed by atoms with E-state index in [1.807, 2.05) is 29.5 Å². The Balaban J connectivity index is 1.69. The molecule has 2 aromatic rings. The molecule has 1 heterocycles. The molecule has 0 saturated heterocycles. The summed E-state index contributed by atoms with van der Waals surface area (Å²) in [5, 5.41) is 0. The highest BCUT2D eigenvalue weighted by atomic mass is 32.1. The van der Waals surface area contributed by atoms with Gasteiger partial charge in [-0.15, -0.1) is 11.3 Å². The Labute approximate surface area is 106 Å². The standard InChI is InChI=1S/C14H17NOS/c1-2-13-8-9-14(17-13)10-15-16-11-12-6-4-3-5-7-12/h3-9,15H,2,10-11H2,1H3. The summed E-state index contributed by atoms with van der Waals surface area (Å²) in [4.78, 5) is 8.16. The molecule has 1 N–H and O–H groups in total. The largest absolute Gasteiger partial charge is 0.297 e. The third-order valence-electron chi connectivity index (χ3n) is 2.50. The maximum Gasteiger partial charge on any atom is 0.0933 e. The van der Waals surface area contributed by atoms with Crippen LogP contribution < -0.4 is 5.48 Å². The van der Waals surface area contributed by atoms with Gasteiger partial charge >= 0.3 is 0 Å². The summed E-state index contributed by atoms with van der Waals surface area (Å²) in [5.41, 5.74) is 4.18. The van der Waals surface area contributed by atoms with Crippen LogP contribution in [0.4, 0.5) is 0 Å². The van der Waals surface area contributed by atoms with E-state index in [0.717, 1.165) is 13.0 Å². The van der Waals surface area contributed by atoms with Crippen molar-refractivity contribution in [2.75, 3.05) is 0 Å². The Morgan fingerprint density at radius 2 is 1.82 bits per heavy atom. The average molecular weight is 247 g/mol. The van der Waals surface area contributed by atoms with Gasteiger partial charge in [-0.05, 0) is 24.1 Å². The summed E-state index contributed by atoms with van der Waals surface area (Å²) in [6.45, 7) is 3.55. The number of aryl methyl sites for hydroxylation is 1. The highest BCUT2D eigenvalue weighted by molar-refractivity contribution is 7.11. The summed E-state index contributed by atoms with van der Waals surface area (Å²) in [5.74, 6) is 0. The summed E-state index contributed by atoms with van der Waals surface area (Å²) >= 11 is 1.84. The molecule has 90 valence electrons. The highest BCUT2D eigenvalue weighted by Gasteiger charge is 1.98. The normalized spacial score (nSPS) is 10.6. The van der Waals surface area contributed by atoms with Crippen molar-refractivity contribution in [3.05, 3.63) is 57.8 Å². The van der Waals surface area contributed by atoms with Crippen molar-refractivity contribution < 1.29 is 4.84 Å². The van der Waals surface area contributed by atoms with Crippen molar-refractivity contribution in [3.63, 3.8) is 0 Å². The summed E-state index contributed by atoms with van der Waals surface area (Å²) in [6, 6.07) is 14.5. The van der Waals surface area contributed by atoms with Gasteiger partial charge in [0.05, 0.1) is 13.2 Å². The third kappa shape index (κ3) is 3.97. The van der Waals surface area contributed by atoms with Gasteiger partial charge in [-0.2, -0.15) is 5.48 Å². The lowest BCUT2D eigenvalue weighted by Crippen LogP contribution is -2.12. The third-order valence-corrected chi connectivity index (χ3v) is 3.73. The van der Waals surface area contributed by atoms with E-state index in [1.54, 1.807) is 0 Å². The van der Waals surface area contributed by atoms with Crippen molar-refractivity contribution in [1.29, 1.82) is 0 Å². The molecule has 0 radical (unpaired) electrons. The molecule has 2 rings (SSSR count). The molecule has 0 bridgehead atoms. The zero-order chi connectivity index (χ0) is 11.9. The van der Waals surface area contributed by atoms with E-state index >= 15 is 0 Å². The molecule has 0 aliphatic carbocycles. The quantitative estimate of drug-likeness (QED) is 0.623. The zero-order valence-electron chi connectivity index (χ0n) is 9.98. The van der Waals surface area contributed by atoms with Gasteiger partial charge in [0.2, 0.25) is 0 Å². The van der Waals surface area contributed by atoms with Gasteiger partial charge in [-0.1, -0.05) is 37.3 Å². The number of thiophene rings is 1. The molecule has 2 nitrogen and oxygen atoms in total. The molecular weight excluding hydrogens is 230 g/mol. The van der Waals surface area contributed by atoms with Crippen LogP contribution in [0.5, 0.6) is 0 Å². The number of hydrogen-bond acceptors (Lipinski definition) is 3. The molecule has 0 atom stereocenters. The number of hydroxylamine groups is 1. The highest BCUT2D eigenvalue weighted by Crippen LogP contribution is 2.16. The van der Waals surface area contributed by atoms with Crippen molar-refractivity contribution in [1.82, 2.24) is 5.48 Å². The fourth-order valence-corrected chi connectivity index (χ4v) is 2.42. The topological polar surface area (TPSA) is 21.3 Å². The molecular formula is C14H17NOS. The predicted octanol–water partition coefficient (Wildman–Crippen LogP) is 3.53. The molecule has 1 aromatic carbocycles. The molecule has 0 amide bonds. The lowest BCUT2D eigenvalue weighted by atomic mass is 10.2. The summed E-state index contributed by atoms with van der Waals surface area (Å²) in [7, 11) is 0. The van der Waals surface area contributed by atoms with Gasteiger partial charge in [0.15, 0.2) is 0 Å².